The van der Waals surface area contributed by atoms with E-state index in [1.807, 2.05) is 11.8 Å². The average Bonchev–Trinajstić information content (AvgIpc) is 2.81. The largest absolute Gasteiger partial charge is 0.416 e. The zero-order chi connectivity index (χ0) is 25.3. The Hall–Kier alpha value is -2.89. The van der Waals surface area contributed by atoms with Crippen LogP contribution in [0.4, 0.5) is 24.5 Å². The summed E-state index contributed by atoms with van der Waals surface area (Å²) in [6.07, 6.45) is -2.59. The topological polar surface area (TPSA) is 92.2 Å². The fraction of sp³-hybridized carbons (Fsp3) is 0.391. The van der Waals surface area contributed by atoms with Crippen molar-refractivity contribution in [1.29, 1.82) is 0 Å². The second-order valence-corrected chi connectivity index (χ2v) is 8.63. The Labute approximate surface area is 216 Å². The molecule has 36 heavy (non-hydrogen) atoms. The van der Waals surface area contributed by atoms with Gasteiger partial charge in [-0.25, -0.2) is 9.97 Å². The molecule has 1 amide bonds. The number of aryl methyl sites for hydroxylation is 1. The van der Waals surface area contributed by atoms with Crippen molar-refractivity contribution in [3.05, 3.63) is 56.6 Å². The average molecular weight is 545 g/mol. The molecule has 3 heterocycles. The van der Waals surface area contributed by atoms with Gasteiger partial charge >= 0.3 is 6.18 Å². The zero-order valence-corrected chi connectivity index (χ0v) is 21.1. The van der Waals surface area contributed by atoms with Gasteiger partial charge in [-0.3, -0.25) is 9.59 Å². The van der Waals surface area contributed by atoms with E-state index in [1.165, 1.54) is 6.20 Å². The molecular weight excluding hydrogens is 520 g/mol. The molecule has 1 saturated heterocycles. The molecule has 1 aliphatic heterocycles. The summed E-state index contributed by atoms with van der Waals surface area (Å²) in [7, 11) is 0. The van der Waals surface area contributed by atoms with Crippen LogP contribution in [0.25, 0.3) is 11.2 Å². The number of anilines is 2. The van der Waals surface area contributed by atoms with Gasteiger partial charge < -0.3 is 20.1 Å². The summed E-state index contributed by atoms with van der Waals surface area (Å²) >= 11 is 6.01. The van der Waals surface area contributed by atoms with Crippen LogP contribution in [0.15, 0.2) is 29.2 Å². The number of hydrogen-bond donors (Lipinski definition) is 2. The van der Waals surface area contributed by atoms with E-state index in [-0.39, 0.29) is 46.3 Å². The molecule has 0 aliphatic carbocycles. The van der Waals surface area contributed by atoms with E-state index in [4.69, 9.17) is 11.6 Å². The van der Waals surface area contributed by atoms with Crippen molar-refractivity contribution < 1.29 is 18.0 Å². The van der Waals surface area contributed by atoms with Crippen molar-refractivity contribution in [1.82, 2.24) is 19.9 Å². The van der Waals surface area contributed by atoms with Gasteiger partial charge in [0.2, 0.25) is 11.3 Å². The predicted octanol–water partition coefficient (Wildman–Crippen LogP) is 3.80. The Balaban J connectivity index is 0.00000361. The van der Waals surface area contributed by atoms with Crippen LogP contribution >= 0.6 is 24.0 Å². The normalized spacial score (nSPS) is 14.0. The minimum atomic E-state index is -4.55. The van der Waals surface area contributed by atoms with Crippen molar-refractivity contribution in [2.24, 2.45) is 0 Å². The van der Waals surface area contributed by atoms with E-state index in [9.17, 15) is 22.8 Å². The third-order valence-electron chi connectivity index (χ3n) is 5.80. The first-order valence-corrected chi connectivity index (χ1v) is 11.5. The highest BCUT2D eigenvalue weighted by Gasteiger charge is 2.31. The van der Waals surface area contributed by atoms with Gasteiger partial charge in [-0.15, -0.1) is 12.4 Å². The number of hydrogen-bond acceptors (Lipinski definition) is 6. The summed E-state index contributed by atoms with van der Waals surface area (Å²) in [5.74, 6) is -0.527. The van der Waals surface area contributed by atoms with Crippen molar-refractivity contribution in [3.8, 4) is 0 Å². The van der Waals surface area contributed by atoms with E-state index in [0.717, 1.165) is 18.2 Å². The summed E-state index contributed by atoms with van der Waals surface area (Å²) in [4.78, 5) is 37.2. The predicted molar refractivity (Wildman–Crippen MR) is 135 cm³/mol. The van der Waals surface area contributed by atoms with Crippen molar-refractivity contribution >= 4 is 52.5 Å². The highest BCUT2D eigenvalue weighted by Crippen LogP contribution is 2.34. The third-order valence-corrected chi connectivity index (χ3v) is 6.11. The van der Waals surface area contributed by atoms with Gasteiger partial charge in [-0.1, -0.05) is 18.5 Å². The minimum absolute atomic E-state index is 0. The summed E-state index contributed by atoms with van der Waals surface area (Å²) in [6, 6.07) is 2.73. The smallest absolute Gasteiger partial charge is 0.364 e. The molecule has 2 N–H and O–H groups in total. The number of alkyl halides is 3. The Bertz CT molecular complexity index is 1340. The maximum atomic E-state index is 13.4. The molecule has 1 fully saturated rings. The summed E-state index contributed by atoms with van der Waals surface area (Å²) in [5, 5.41) is 5.60. The zero-order valence-electron chi connectivity index (χ0n) is 19.6. The Morgan fingerprint density at radius 3 is 2.56 bits per heavy atom. The fourth-order valence-corrected chi connectivity index (χ4v) is 4.41. The lowest BCUT2D eigenvalue weighted by Crippen LogP contribution is -2.46. The third kappa shape index (κ3) is 5.58. The number of nitrogens with one attached hydrogen (secondary N) is 2. The molecule has 1 aromatic carbocycles. The first-order chi connectivity index (χ1) is 16.6. The Morgan fingerprint density at radius 1 is 1.25 bits per heavy atom. The molecule has 1 aliphatic rings. The monoisotopic (exact) mass is 544 g/mol. The lowest BCUT2D eigenvalue weighted by molar-refractivity contribution is -0.137. The van der Waals surface area contributed by atoms with Crippen LogP contribution in [0.5, 0.6) is 0 Å². The van der Waals surface area contributed by atoms with E-state index in [0.29, 0.717) is 49.7 Å². The van der Waals surface area contributed by atoms with Gasteiger partial charge in [0.25, 0.3) is 0 Å². The molecule has 0 unspecified atom stereocenters. The number of carbonyl (C=O) groups is 1. The van der Waals surface area contributed by atoms with E-state index in [1.54, 1.807) is 11.5 Å². The molecule has 2 aromatic heterocycles. The maximum Gasteiger partial charge on any atom is 0.416 e. The SMILES string of the molecule is CCc1c(N2CCNCC2)c(=O)c2ncc(C)nc2n1CC(=O)Nc1ccc(C(F)(F)F)cc1Cl.Cl. The van der Waals surface area contributed by atoms with Gasteiger partial charge in [0.1, 0.15) is 12.2 Å². The number of nitrogens with zero attached hydrogens (tertiary/aromatic N) is 4. The van der Waals surface area contributed by atoms with Crippen LogP contribution in [0.1, 0.15) is 23.9 Å². The second-order valence-electron chi connectivity index (χ2n) is 8.23. The van der Waals surface area contributed by atoms with E-state index in [2.05, 4.69) is 20.6 Å². The number of piperazine rings is 1. The van der Waals surface area contributed by atoms with Crippen LogP contribution in [-0.4, -0.2) is 46.6 Å². The number of aromatic nitrogens is 3. The molecule has 0 radical (unpaired) electrons. The van der Waals surface area contributed by atoms with Crippen LogP contribution < -0.4 is 21.0 Å². The summed E-state index contributed by atoms with van der Waals surface area (Å²) < 4.78 is 40.5. The van der Waals surface area contributed by atoms with Gasteiger partial charge in [0.15, 0.2) is 11.2 Å². The lowest BCUT2D eigenvalue weighted by atomic mass is 10.1. The van der Waals surface area contributed by atoms with Gasteiger partial charge in [0, 0.05) is 38.1 Å². The summed E-state index contributed by atoms with van der Waals surface area (Å²) in [5.41, 5.74) is 1.03. The van der Waals surface area contributed by atoms with Gasteiger partial charge in [-0.2, -0.15) is 13.2 Å². The van der Waals surface area contributed by atoms with Gasteiger partial charge in [0.05, 0.1) is 22.0 Å². The van der Waals surface area contributed by atoms with Crippen LogP contribution in [-0.2, 0) is 23.9 Å². The number of benzene rings is 1. The molecule has 0 atom stereocenters. The minimum Gasteiger partial charge on any atom is -0.364 e. The number of rotatable bonds is 5. The first-order valence-electron chi connectivity index (χ1n) is 11.1. The molecule has 194 valence electrons. The van der Waals surface area contributed by atoms with Crippen molar-refractivity contribution in [2.45, 2.75) is 33.0 Å². The maximum absolute atomic E-state index is 13.4. The number of fused-ring (bicyclic) bond motifs is 1. The Kier molecular flexibility index (Phi) is 8.48. The highest BCUT2D eigenvalue weighted by molar-refractivity contribution is 6.33. The number of halogens is 5. The molecule has 8 nitrogen and oxygen atoms in total. The van der Waals surface area contributed by atoms with Crippen LogP contribution in [0.2, 0.25) is 5.02 Å². The molecule has 0 spiro atoms. The summed E-state index contributed by atoms with van der Waals surface area (Å²) in [6.45, 7) is 6.07. The van der Waals surface area contributed by atoms with Crippen LogP contribution in [0, 0.1) is 6.92 Å². The second kappa shape index (κ2) is 11.0. The molecule has 13 heteroatoms. The number of amides is 1. The quantitative estimate of drug-likeness (QED) is 0.507. The molecular formula is C23H25Cl2F3N6O2. The lowest BCUT2D eigenvalue weighted by Gasteiger charge is -2.31. The molecule has 0 saturated carbocycles. The fourth-order valence-electron chi connectivity index (χ4n) is 4.18. The molecule has 3 aromatic rings. The van der Waals surface area contributed by atoms with E-state index < -0.39 is 17.6 Å². The standard InChI is InChI=1S/C23H24ClF3N6O2.ClH/c1-3-17-20(32-8-6-28-7-9-32)21(35)19-22(30-13(2)11-29-19)33(17)12-18(34)31-16-5-4-14(10-15(16)24)23(25,26)27;/h4-5,10-11,28H,3,6-9,12H2,1-2H3,(H,31,34);1H. The first kappa shape index (κ1) is 27.7. The number of pyridine rings is 1. The van der Waals surface area contributed by atoms with Crippen LogP contribution in [0.3, 0.4) is 0 Å². The van der Waals surface area contributed by atoms with Gasteiger partial charge in [-0.05, 0) is 31.5 Å². The Morgan fingerprint density at radius 2 is 1.94 bits per heavy atom. The van der Waals surface area contributed by atoms with E-state index >= 15 is 0 Å². The van der Waals surface area contributed by atoms with Crippen molar-refractivity contribution in [2.75, 3.05) is 36.4 Å². The molecule has 4 rings (SSSR count). The highest BCUT2D eigenvalue weighted by atomic mass is 35.5. The van der Waals surface area contributed by atoms with Crippen molar-refractivity contribution in [3.63, 3.8) is 0 Å². The molecule has 0 bridgehead atoms. The number of carbonyl (C=O) groups excluding carboxylic acids is 1.